The predicted octanol–water partition coefficient (Wildman–Crippen LogP) is 1.56. The number of hydrogen-bond donors (Lipinski definition) is 1. The first-order valence-corrected chi connectivity index (χ1v) is 6.36. The fourth-order valence-electron chi connectivity index (χ4n) is 1.84. The second kappa shape index (κ2) is 7.01. The van der Waals surface area contributed by atoms with Crippen LogP contribution in [0.5, 0.6) is 0 Å². The second-order valence-electron chi connectivity index (χ2n) is 4.53. The third kappa shape index (κ3) is 3.74. The van der Waals surface area contributed by atoms with Crippen LogP contribution in [0.1, 0.15) is 23.7 Å². The Balaban J connectivity index is 2.90. The molecule has 0 aliphatic heterocycles. The highest BCUT2D eigenvalue weighted by molar-refractivity contribution is 5.95. The van der Waals surface area contributed by atoms with E-state index in [-0.39, 0.29) is 5.91 Å². The molecule has 18 heavy (non-hydrogen) atoms. The molecule has 0 radical (unpaired) electrons. The molecule has 0 aliphatic carbocycles. The van der Waals surface area contributed by atoms with E-state index in [9.17, 15) is 4.79 Å². The van der Waals surface area contributed by atoms with Gasteiger partial charge in [0, 0.05) is 45.0 Å². The minimum atomic E-state index is 0.0611. The van der Waals surface area contributed by atoms with Gasteiger partial charge >= 0.3 is 0 Å². The zero-order valence-electron chi connectivity index (χ0n) is 11.5. The monoisotopic (exact) mass is 249 g/mol. The number of nitrogens with zero attached hydrogens (tertiary/aromatic N) is 2. The average Bonchev–Trinajstić information content (AvgIpc) is 2.38. The first-order chi connectivity index (χ1) is 8.60. The van der Waals surface area contributed by atoms with Crippen molar-refractivity contribution >= 4 is 11.6 Å². The van der Waals surface area contributed by atoms with Crippen LogP contribution in [0, 0.1) is 0 Å². The smallest absolute Gasteiger partial charge is 0.253 e. The minimum Gasteiger partial charge on any atom is -0.378 e. The van der Waals surface area contributed by atoms with E-state index in [1.54, 1.807) is 0 Å². The molecule has 0 bridgehead atoms. The summed E-state index contributed by atoms with van der Waals surface area (Å²) < 4.78 is 0. The van der Waals surface area contributed by atoms with Gasteiger partial charge in [0.2, 0.25) is 0 Å². The zero-order chi connectivity index (χ0) is 13.5. The Labute approximate surface area is 109 Å². The molecule has 0 spiro atoms. The molecule has 4 nitrogen and oxygen atoms in total. The van der Waals surface area contributed by atoms with Gasteiger partial charge in [0.15, 0.2) is 0 Å². The van der Waals surface area contributed by atoms with Gasteiger partial charge in [-0.25, -0.2) is 0 Å². The molecule has 1 aromatic rings. The van der Waals surface area contributed by atoms with Crippen LogP contribution >= 0.6 is 0 Å². The van der Waals surface area contributed by atoms with E-state index in [0.717, 1.165) is 24.2 Å². The molecular weight excluding hydrogens is 226 g/mol. The molecule has 0 unspecified atom stereocenters. The number of anilines is 1. The van der Waals surface area contributed by atoms with E-state index >= 15 is 0 Å². The molecule has 4 heteroatoms. The van der Waals surface area contributed by atoms with Gasteiger partial charge in [0.1, 0.15) is 0 Å². The number of carbonyl (C=O) groups excluding carboxylic acids is 1. The molecule has 100 valence electrons. The first-order valence-electron chi connectivity index (χ1n) is 6.36. The van der Waals surface area contributed by atoms with Crippen LogP contribution in [0.4, 0.5) is 5.69 Å². The number of hydrogen-bond acceptors (Lipinski definition) is 3. The van der Waals surface area contributed by atoms with Crippen molar-refractivity contribution in [3.05, 3.63) is 29.8 Å². The maximum absolute atomic E-state index is 12.4. The van der Waals surface area contributed by atoms with Crippen molar-refractivity contribution in [2.45, 2.75) is 13.3 Å². The molecule has 1 aromatic carbocycles. The van der Waals surface area contributed by atoms with Crippen LogP contribution in [-0.4, -0.2) is 44.5 Å². The van der Waals surface area contributed by atoms with Gasteiger partial charge in [-0.2, -0.15) is 0 Å². The van der Waals surface area contributed by atoms with Crippen molar-refractivity contribution in [1.82, 2.24) is 4.90 Å². The van der Waals surface area contributed by atoms with E-state index in [1.807, 2.05) is 48.2 Å². The van der Waals surface area contributed by atoms with Crippen molar-refractivity contribution in [1.29, 1.82) is 0 Å². The van der Waals surface area contributed by atoms with Crippen molar-refractivity contribution in [2.24, 2.45) is 5.73 Å². The lowest BCUT2D eigenvalue weighted by atomic mass is 10.1. The molecule has 0 saturated heterocycles. The number of carbonyl (C=O) groups is 1. The Morgan fingerprint density at radius 2 is 2.00 bits per heavy atom. The molecule has 1 rings (SSSR count). The molecule has 0 aliphatic rings. The second-order valence-corrected chi connectivity index (χ2v) is 4.53. The van der Waals surface area contributed by atoms with Crippen LogP contribution in [0.3, 0.4) is 0 Å². The summed E-state index contributed by atoms with van der Waals surface area (Å²) in [5.41, 5.74) is 7.31. The standard InChI is InChI=1S/C14H23N3O/c1-4-9-17(10-8-15)14(18)12-6-5-7-13(11-12)16(2)3/h5-7,11H,4,8-10,15H2,1-3H3. The maximum atomic E-state index is 12.4. The zero-order valence-corrected chi connectivity index (χ0v) is 11.5. The van der Waals surface area contributed by atoms with Gasteiger partial charge in [0.05, 0.1) is 0 Å². The molecule has 0 aromatic heterocycles. The van der Waals surface area contributed by atoms with Crippen molar-refractivity contribution < 1.29 is 4.79 Å². The molecular formula is C14H23N3O. The Morgan fingerprint density at radius 1 is 1.28 bits per heavy atom. The molecule has 1 amide bonds. The fourth-order valence-corrected chi connectivity index (χ4v) is 1.84. The molecule has 0 fully saturated rings. The SMILES string of the molecule is CCCN(CCN)C(=O)c1cccc(N(C)C)c1. The third-order valence-electron chi connectivity index (χ3n) is 2.79. The van der Waals surface area contributed by atoms with E-state index in [1.165, 1.54) is 0 Å². The summed E-state index contributed by atoms with van der Waals surface area (Å²) >= 11 is 0. The van der Waals surface area contributed by atoms with E-state index in [0.29, 0.717) is 13.1 Å². The van der Waals surface area contributed by atoms with Gasteiger partial charge in [-0.05, 0) is 24.6 Å². The summed E-state index contributed by atoms with van der Waals surface area (Å²) in [4.78, 5) is 16.2. The Kier molecular flexibility index (Phi) is 5.65. The Bertz CT molecular complexity index is 384. The number of benzene rings is 1. The van der Waals surface area contributed by atoms with Crippen molar-refractivity contribution in [3.63, 3.8) is 0 Å². The molecule has 0 atom stereocenters. The lowest BCUT2D eigenvalue weighted by Gasteiger charge is -2.22. The van der Waals surface area contributed by atoms with Crippen LogP contribution < -0.4 is 10.6 Å². The van der Waals surface area contributed by atoms with E-state index < -0.39 is 0 Å². The quantitative estimate of drug-likeness (QED) is 0.832. The first kappa shape index (κ1) is 14.5. The lowest BCUT2D eigenvalue weighted by Crippen LogP contribution is -2.36. The van der Waals surface area contributed by atoms with Crippen LogP contribution in [0.2, 0.25) is 0 Å². The minimum absolute atomic E-state index is 0.0611. The number of amides is 1. The molecule has 0 saturated carbocycles. The largest absolute Gasteiger partial charge is 0.378 e. The topological polar surface area (TPSA) is 49.6 Å². The fraction of sp³-hybridized carbons (Fsp3) is 0.500. The van der Waals surface area contributed by atoms with Gasteiger partial charge in [0.25, 0.3) is 5.91 Å². The Hall–Kier alpha value is -1.55. The van der Waals surface area contributed by atoms with Crippen molar-refractivity contribution in [2.75, 3.05) is 38.6 Å². The van der Waals surface area contributed by atoms with Crippen LogP contribution in [0.15, 0.2) is 24.3 Å². The summed E-state index contributed by atoms with van der Waals surface area (Å²) in [6, 6.07) is 7.68. The van der Waals surface area contributed by atoms with E-state index in [2.05, 4.69) is 6.92 Å². The number of nitrogens with two attached hydrogens (primary N) is 1. The summed E-state index contributed by atoms with van der Waals surface area (Å²) in [7, 11) is 3.93. The highest BCUT2D eigenvalue weighted by Gasteiger charge is 2.14. The summed E-state index contributed by atoms with van der Waals surface area (Å²) in [6.45, 7) is 3.92. The summed E-state index contributed by atoms with van der Waals surface area (Å²) in [6.07, 6.45) is 0.944. The predicted molar refractivity (Wildman–Crippen MR) is 76.0 cm³/mol. The third-order valence-corrected chi connectivity index (χ3v) is 2.79. The molecule has 0 heterocycles. The van der Waals surface area contributed by atoms with E-state index in [4.69, 9.17) is 5.73 Å². The highest BCUT2D eigenvalue weighted by atomic mass is 16.2. The van der Waals surface area contributed by atoms with Crippen molar-refractivity contribution in [3.8, 4) is 0 Å². The maximum Gasteiger partial charge on any atom is 0.253 e. The van der Waals surface area contributed by atoms with Gasteiger partial charge in [-0.3, -0.25) is 4.79 Å². The summed E-state index contributed by atoms with van der Waals surface area (Å²) in [5, 5.41) is 0. The highest BCUT2D eigenvalue weighted by Crippen LogP contribution is 2.15. The molecule has 2 N–H and O–H groups in total. The van der Waals surface area contributed by atoms with Crippen LogP contribution in [0.25, 0.3) is 0 Å². The summed E-state index contributed by atoms with van der Waals surface area (Å²) in [5.74, 6) is 0.0611. The number of rotatable bonds is 6. The van der Waals surface area contributed by atoms with Crippen LogP contribution in [-0.2, 0) is 0 Å². The normalized spacial score (nSPS) is 10.2. The lowest BCUT2D eigenvalue weighted by molar-refractivity contribution is 0.0760. The average molecular weight is 249 g/mol. The van der Waals surface area contributed by atoms with Gasteiger partial charge < -0.3 is 15.5 Å². The Morgan fingerprint density at radius 3 is 2.56 bits per heavy atom. The van der Waals surface area contributed by atoms with Gasteiger partial charge in [-0.1, -0.05) is 13.0 Å². The van der Waals surface area contributed by atoms with Gasteiger partial charge in [-0.15, -0.1) is 0 Å².